The molecule has 2 fully saturated rings. The number of carbonyl (C=O) groups excluding carboxylic acids is 1. The van der Waals surface area contributed by atoms with E-state index in [0.29, 0.717) is 6.42 Å². The van der Waals surface area contributed by atoms with Crippen LogP contribution in [0.3, 0.4) is 0 Å². The van der Waals surface area contributed by atoms with Crippen LogP contribution in [0.4, 0.5) is 0 Å². The third-order valence-corrected chi connectivity index (χ3v) is 6.47. The van der Waals surface area contributed by atoms with Crippen LogP contribution >= 0.6 is 0 Å². The molecule has 1 aliphatic carbocycles. The zero-order chi connectivity index (χ0) is 13.4. The lowest BCUT2D eigenvalue weighted by Crippen LogP contribution is -2.50. The molecule has 1 saturated heterocycles. The van der Waals surface area contributed by atoms with Crippen LogP contribution in [0.15, 0.2) is 0 Å². The largest absolute Gasteiger partial charge is 0.339 e. The highest BCUT2D eigenvalue weighted by atomic mass is 32.2. The molecule has 0 N–H and O–H groups in total. The van der Waals surface area contributed by atoms with E-state index in [4.69, 9.17) is 0 Å². The van der Waals surface area contributed by atoms with Crippen LogP contribution in [0.25, 0.3) is 0 Å². The number of hydrogen-bond acceptors (Lipinski definition) is 3. The van der Waals surface area contributed by atoms with E-state index < -0.39 is 15.4 Å². The molecule has 0 aromatic carbocycles. The van der Waals surface area contributed by atoms with Crippen molar-refractivity contribution in [2.45, 2.75) is 51.0 Å². The normalized spacial score (nSPS) is 32.3. The fourth-order valence-electron chi connectivity index (χ4n) is 3.15. The molecule has 1 aliphatic heterocycles. The van der Waals surface area contributed by atoms with Gasteiger partial charge in [0.05, 0.1) is 17.0 Å². The number of carbonyl (C=O) groups is 1. The third-order valence-electron chi connectivity index (χ3n) is 4.58. The van der Waals surface area contributed by atoms with Gasteiger partial charge in [-0.15, -0.1) is 0 Å². The van der Waals surface area contributed by atoms with Gasteiger partial charge in [0, 0.05) is 13.0 Å². The first-order valence-electron chi connectivity index (χ1n) is 6.82. The second-order valence-corrected chi connectivity index (χ2v) is 8.26. The summed E-state index contributed by atoms with van der Waals surface area (Å²) in [6, 6.07) is 0. The first-order valence-corrected chi connectivity index (χ1v) is 8.64. The molecule has 4 nitrogen and oxygen atoms in total. The average Bonchev–Trinajstić information content (AvgIpc) is 2.64. The van der Waals surface area contributed by atoms with Gasteiger partial charge in [-0.25, -0.2) is 8.42 Å². The summed E-state index contributed by atoms with van der Waals surface area (Å²) in [4.78, 5) is 14.1. The maximum absolute atomic E-state index is 12.4. The second-order valence-electron chi connectivity index (χ2n) is 6.07. The van der Waals surface area contributed by atoms with E-state index in [-0.39, 0.29) is 23.3 Å². The zero-order valence-corrected chi connectivity index (χ0v) is 12.1. The zero-order valence-electron chi connectivity index (χ0n) is 11.3. The third kappa shape index (κ3) is 2.71. The molecule has 1 saturated carbocycles. The number of hydrogen-bond donors (Lipinski definition) is 0. The summed E-state index contributed by atoms with van der Waals surface area (Å²) in [5.74, 6) is 0.596. The molecule has 0 aromatic heterocycles. The molecule has 18 heavy (non-hydrogen) atoms. The summed E-state index contributed by atoms with van der Waals surface area (Å²) in [6.07, 6.45) is 5.97. The number of amides is 1. The van der Waals surface area contributed by atoms with Crippen molar-refractivity contribution >= 4 is 15.7 Å². The van der Waals surface area contributed by atoms with Crippen LogP contribution in [-0.2, 0) is 14.6 Å². The van der Waals surface area contributed by atoms with Gasteiger partial charge < -0.3 is 4.90 Å². The lowest BCUT2D eigenvalue weighted by molar-refractivity contribution is -0.139. The molecule has 0 unspecified atom stereocenters. The van der Waals surface area contributed by atoms with Crippen LogP contribution in [0, 0.1) is 5.92 Å². The van der Waals surface area contributed by atoms with Crippen LogP contribution < -0.4 is 0 Å². The van der Waals surface area contributed by atoms with Gasteiger partial charge in [-0.2, -0.15) is 0 Å². The van der Waals surface area contributed by atoms with Crippen LogP contribution in [0.1, 0.15) is 45.4 Å². The Morgan fingerprint density at radius 3 is 2.33 bits per heavy atom. The highest BCUT2D eigenvalue weighted by molar-refractivity contribution is 7.91. The quantitative estimate of drug-likeness (QED) is 0.768. The van der Waals surface area contributed by atoms with Crippen LogP contribution in [0.2, 0.25) is 0 Å². The Kier molecular flexibility index (Phi) is 3.72. The second kappa shape index (κ2) is 4.83. The van der Waals surface area contributed by atoms with Gasteiger partial charge in [0.15, 0.2) is 9.84 Å². The highest BCUT2D eigenvalue weighted by Crippen LogP contribution is 2.32. The van der Waals surface area contributed by atoms with Crippen molar-refractivity contribution in [3.8, 4) is 0 Å². The molecular weight excluding hydrogens is 250 g/mol. The molecule has 0 radical (unpaired) electrons. The summed E-state index contributed by atoms with van der Waals surface area (Å²) >= 11 is 0. The van der Waals surface area contributed by atoms with Crippen LogP contribution in [-0.4, -0.2) is 43.3 Å². The van der Waals surface area contributed by atoms with Crippen molar-refractivity contribution in [3.05, 3.63) is 0 Å². The van der Waals surface area contributed by atoms with Crippen molar-refractivity contribution in [3.63, 3.8) is 0 Å². The predicted octanol–water partition coefficient (Wildman–Crippen LogP) is 1.60. The van der Waals surface area contributed by atoms with Gasteiger partial charge >= 0.3 is 0 Å². The van der Waals surface area contributed by atoms with Gasteiger partial charge in [0.25, 0.3) is 0 Å². The molecule has 0 bridgehead atoms. The predicted molar refractivity (Wildman–Crippen MR) is 71.0 cm³/mol. The fourth-order valence-corrected chi connectivity index (χ4v) is 5.33. The summed E-state index contributed by atoms with van der Waals surface area (Å²) < 4.78 is 23.2. The molecule has 1 atom stereocenters. The van der Waals surface area contributed by atoms with Crippen molar-refractivity contribution in [1.82, 2.24) is 4.90 Å². The minimum atomic E-state index is -2.96. The Labute approximate surface area is 110 Å². The summed E-state index contributed by atoms with van der Waals surface area (Å²) in [5.41, 5.74) is -0.493. The number of rotatable bonds is 2. The maximum Gasteiger partial charge on any atom is 0.225 e. The molecule has 2 rings (SSSR count). The summed E-state index contributed by atoms with van der Waals surface area (Å²) in [5, 5.41) is 0. The standard InChI is InChI=1S/C13H23NO3S/c1-13(8-9-18(16,17)10-13)14(2)12(15)11-6-4-3-5-7-11/h11H,3-10H2,1-2H3/t13-/m0/s1. The molecule has 2 aliphatic rings. The lowest BCUT2D eigenvalue weighted by atomic mass is 9.87. The fraction of sp³-hybridized carbons (Fsp3) is 0.923. The Bertz CT molecular complexity index is 426. The molecule has 0 aromatic rings. The Morgan fingerprint density at radius 2 is 1.83 bits per heavy atom. The molecule has 0 spiro atoms. The maximum atomic E-state index is 12.4. The molecule has 5 heteroatoms. The van der Waals surface area contributed by atoms with E-state index in [2.05, 4.69) is 0 Å². The average molecular weight is 273 g/mol. The van der Waals surface area contributed by atoms with Gasteiger partial charge in [-0.1, -0.05) is 19.3 Å². The van der Waals surface area contributed by atoms with E-state index >= 15 is 0 Å². The Morgan fingerprint density at radius 1 is 1.22 bits per heavy atom. The van der Waals surface area contributed by atoms with Gasteiger partial charge in [-0.3, -0.25) is 4.79 Å². The van der Waals surface area contributed by atoms with Crippen molar-refractivity contribution in [2.75, 3.05) is 18.6 Å². The molecule has 1 heterocycles. The topological polar surface area (TPSA) is 54.5 Å². The van der Waals surface area contributed by atoms with Gasteiger partial charge in [0.2, 0.25) is 5.91 Å². The van der Waals surface area contributed by atoms with E-state index in [9.17, 15) is 13.2 Å². The first-order chi connectivity index (χ1) is 8.34. The van der Waals surface area contributed by atoms with E-state index in [0.717, 1.165) is 25.7 Å². The Hall–Kier alpha value is -0.580. The number of sulfone groups is 1. The molecule has 104 valence electrons. The van der Waals surface area contributed by atoms with Crippen LogP contribution in [0.5, 0.6) is 0 Å². The minimum absolute atomic E-state index is 0.115. The van der Waals surface area contributed by atoms with Crippen molar-refractivity contribution in [2.24, 2.45) is 5.92 Å². The van der Waals surface area contributed by atoms with Gasteiger partial charge in [0.1, 0.15) is 0 Å². The summed E-state index contributed by atoms with van der Waals surface area (Å²) in [6.45, 7) is 1.90. The van der Waals surface area contributed by atoms with E-state index in [1.807, 2.05) is 6.92 Å². The van der Waals surface area contributed by atoms with Gasteiger partial charge in [-0.05, 0) is 26.2 Å². The highest BCUT2D eigenvalue weighted by Gasteiger charge is 2.44. The number of nitrogens with zero attached hydrogens (tertiary/aromatic N) is 1. The summed E-state index contributed by atoms with van der Waals surface area (Å²) in [7, 11) is -1.18. The lowest BCUT2D eigenvalue weighted by Gasteiger charge is -2.37. The minimum Gasteiger partial charge on any atom is -0.339 e. The van der Waals surface area contributed by atoms with E-state index in [1.54, 1.807) is 11.9 Å². The van der Waals surface area contributed by atoms with Crippen molar-refractivity contribution < 1.29 is 13.2 Å². The smallest absolute Gasteiger partial charge is 0.225 e. The SMILES string of the molecule is CN(C(=O)C1CCCCC1)[C@@]1(C)CCS(=O)(=O)C1. The van der Waals surface area contributed by atoms with E-state index in [1.165, 1.54) is 6.42 Å². The monoisotopic (exact) mass is 273 g/mol. The molecular formula is C13H23NO3S. The molecule has 1 amide bonds. The Balaban J connectivity index is 2.06. The first kappa shape index (κ1) is 13.8. The van der Waals surface area contributed by atoms with Crippen molar-refractivity contribution in [1.29, 1.82) is 0 Å².